The summed E-state index contributed by atoms with van der Waals surface area (Å²) in [5.41, 5.74) is 1.92. The third kappa shape index (κ3) is 6.37. The Morgan fingerprint density at radius 3 is 2.18 bits per heavy atom. The van der Waals surface area contributed by atoms with Crippen molar-refractivity contribution in [3.05, 3.63) is 59.9 Å². The molecular weight excluding hydrogens is 357 g/mol. The topological polar surface area (TPSA) is 61.4 Å². The maximum Gasteiger partial charge on any atom is 0.326 e. The van der Waals surface area contributed by atoms with Crippen LogP contribution < -0.4 is 15.5 Å². The largest absolute Gasteiger partial charge is 0.356 e. The maximum absolute atomic E-state index is 13.3. The third-order valence-electron chi connectivity index (χ3n) is 4.21. The van der Waals surface area contributed by atoms with Crippen molar-refractivity contribution < 1.29 is 14.0 Å². The van der Waals surface area contributed by atoms with Gasteiger partial charge in [-0.3, -0.25) is 9.69 Å². The molecule has 28 heavy (non-hydrogen) atoms. The van der Waals surface area contributed by atoms with Gasteiger partial charge in [-0.2, -0.15) is 0 Å². The number of carbonyl (C=O) groups excluding carboxylic acids is 2. The normalized spacial score (nSPS) is 11.0. The molecule has 0 bridgehead atoms. The number of nitrogens with zero attached hydrogens (tertiary/aromatic N) is 1. The van der Waals surface area contributed by atoms with E-state index in [1.165, 1.54) is 12.1 Å². The molecule has 0 aliphatic heterocycles. The summed E-state index contributed by atoms with van der Waals surface area (Å²) in [4.78, 5) is 26.3. The highest BCUT2D eigenvalue weighted by Gasteiger charge is 2.21. The molecule has 2 N–H and O–H groups in total. The second-order valence-corrected chi connectivity index (χ2v) is 7.78. The lowest BCUT2D eigenvalue weighted by Gasteiger charge is -2.24. The van der Waals surface area contributed by atoms with Crippen molar-refractivity contribution in [1.29, 1.82) is 0 Å². The second kappa shape index (κ2) is 9.35. The van der Waals surface area contributed by atoms with Crippen molar-refractivity contribution >= 4 is 23.3 Å². The van der Waals surface area contributed by atoms with E-state index in [0.717, 1.165) is 5.56 Å². The van der Waals surface area contributed by atoms with Crippen LogP contribution in [0.3, 0.4) is 0 Å². The van der Waals surface area contributed by atoms with Gasteiger partial charge in [0, 0.05) is 29.9 Å². The Hall–Kier alpha value is -2.89. The fourth-order valence-electron chi connectivity index (χ4n) is 2.50. The molecule has 0 fully saturated rings. The lowest BCUT2D eigenvalue weighted by atomic mass is 9.96. The van der Waals surface area contributed by atoms with E-state index in [1.54, 1.807) is 17.0 Å². The summed E-state index contributed by atoms with van der Waals surface area (Å²) in [7, 11) is 0. The Labute approximate surface area is 165 Å². The Kier molecular flexibility index (Phi) is 7.15. The molecule has 150 valence electrons. The van der Waals surface area contributed by atoms with E-state index in [-0.39, 0.29) is 17.8 Å². The molecule has 2 aromatic carbocycles. The van der Waals surface area contributed by atoms with E-state index in [9.17, 15) is 14.0 Å². The van der Waals surface area contributed by atoms with Crippen LogP contribution in [0, 0.1) is 18.2 Å². The molecular formula is C22H28FN3O2. The first-order valence-electron chi connectivity index (χ1n) is 9.36. The zero-order valence-electron chi connectivity index (χ0n) is 16.9. The Balaban J connectivity index is 2.04. The van der Waals surface area contributed by atoms with Crippen LogP contribution in [0.5, 0.6) is 0 Å². The molecule has 0 heterocycles. The molecule has 2 rings (SSSR count). The minimum absolute atomic E-state index is 0.0371. The molecule has 2 aromatic rings. The van der Waals surface area contributed by atoms with Gasteiger partial charge in [0.05, 0.1) is 0 Å². The quantitative estimate of drug-likeness (QED) is 0.707. The zero-order valence-corrected chi connectivity index (χ0v) is 16.9. The first-order valence-corrected chi connectivity index (χ1v) is 9.36. The summed E-state index contributed by atoms with van der Waals surface area (Å²) in [6, 6.07) is 13.0. The number of anilines is 2. The summed E-state index contributed by atoms with van der Waals surface area (Å²) in [5.74, 6) is -0.398. The monoisotopic (exact) mass is 385 g/mol. The van der Waals surface area contributed by atoms with Crippen LogP contribution >= 0.6 is 0 Å². The molecule has 5 nitrogen and oxygen atoms in total. The van der Waals surface area contributed by atoms with Gasteiger partial charge in [-0.25, -0.2) is 9.18 Å². The number of urea groups is 1. The molecule has 0 aliphatic carbocycles. The van der Waals surface area contributed by atoms with Crippen LogP contribution in [-0.2, 0) is 4.79 Å². The highest BCUT2D eigenvalue weighted by Crippen LogP contribution is 2.18. The Morgan fingerprint density at radius 2 is 1.61 bits per heavy atom. The van der Waals surface area contributed by atoms with Crippen molar-refractivity contribution in [1.82, 2.24) is 5.32 Å². The van der Waals surface area contributed by atoms with Crippen molar-refractivity contribution in [2.24, 2.45) is 5.41 Å². The predicted molar refractivity (Wildman–Crippen MR) is 111 cm³/mol. The molecule has 0 radical (unpaired) electrons. The minimum Gasteiger partial charge on any atom is -0.356 e. The van der Waals surface area contributed by atoms with Crippen molar-refractivity contribution in [2.45, 2.75) is 34.1 Å². The number of amides is 3. The van der Waals surface area contributed by atoms with E-state index >= 15 is 0 Å². The number of nitrogens with one attached hydrogen (secondary N) is 2. The molecule has 3 amide bonds. The van der Waals surface area contributed by atoms with Gasteiger partial charge in [0.1, 0.15) is 5.82 Å². The van der Waals surface area contributed by atoms with Crippen molar-refractivity contribution in [2.75, 3.05) is 23.3 Å². The zero-order chi connectivity index (χ0) is 20.7. The first-order chi connectivity index (χ1) is 13.2. The summed E-state index contributed by atoms with van der Waals surface area (Å²) in [5, 5.41) is 5.74. The van der Waals surface area contributed by atoms with E-state index in [4.69, 9.17) is 0 Å². The van der Waals surface area contributed by atoms with Crippen LogP contribution in [0.15, 0.2) is 48.5 Å². The third-order valence-corrected chi connectivity index (χ3v) is 4.21. The highest BCUT2D eigenvalue weighted by molar-refractivity contribution is 6.01. The number of hydrogen-bond donors (Lipinski definition) is 2. The van der Waals surface area contributed by atoms with Gasteiger partial charge in [-0.05, 0) is 49.7 Å². The smallest absolute Gasteiger partial charge is 0.326 e. The standard InChI is InChI=1S/C22H28FN3O2/c1-16-6-10-18(11-7-16)25-21(28)26(19-12-8-17(23)9-13-19)15-5-14-24-20(27)22(2,3)4/h6-13H,5,14-15H2,1-4H3,(H,24,27)(H,25,28). The summed E-state index contributed by atoms with van der Waals surface area (Å²) >= 11 is 0. The molecule has 0 saturated heterocycles. The molecule has 0 unspecified atom stereocenters. The maximum atomic E-state index is 13.3. The highest BCUT2D eigenvalue weighted by atomic mass is 19.1. The molecule has 0 atom stereocenters. The summed E-state index contributed by atoms with van der Waals surface area (Å²) < 4.78 is 13.3. The molecule has 0 aliphatic rings. The number of aryl methyl sites for hydroxylation is 1. The lowest BCUT2D eigenvalue weighted by molar-refractivity contribution is -0.128. The fourth-order valence-corrected chi connectivity index (χ4v) is 2.50. The Bertz CT molecular complexity index is 796. The number of rotatable bonds is 6. The second-order valence-electron chi connectivity index (χ2n) is 7.78. The van der Waals surface area contributed by atoms with Gasteiger partial charge in [0.25, 0.3) is 0 Å². The average Bonchev–Trinajstić information content (AvgIpc) is 2.63. The number of hydrogen-bond acceptors (Lipinski definition) is 2. The molecule has 0 saturated carbocycles. The SMILES string of the molecule is Cc1ccc(NC(=O)N(CCCNC(=O)C(C)(C)C)c2ccc(F)cc2)cc1. The van der Waals surface area contributed by atoms with Gasteiger partial charge in [-0.1, -0.05) is 38.5 Å². The fraction of sp³-hybridized carbons (Fsp3) is 0.364. The average molecular weight is 385 g/mol. The molecule has 0 spiro atoms. The first kappa shape index (κ1) is 21.4. The number of halogens is 1. The van der Waals surface area contributed by atoms with Crippen LogP contribution in [0.2, 0.25) is 0 Å². The van der Waals surface area contributed by atoms with Gasteiger partial charge >= 0.3 is 6.03 Å². The summed E-state index contributed by atoms with van der Waals surface area (Å²) in [6.07, 6.45) is 0.570. The predicted octanol–water partition coefficient (Wildman–Crippen LogP) is 4.73. The molecule has 0 aromatic heterocycles. The number of benzene rings is 2. The van der Waals surface area contributed by atoms with Crippen LogP contribution in [0.4, 0.5) is 20.6 Å². The summed E-state index contributed by atoms with van der Waals surface area (Å²) in [6.45, 7) is 8.36. The van der Waals surface area contributed by atoms with E-state index in [1.807, 2.05) is 52.0 Å². The van der Waals surface area contributed by atoms with Crippen LogP contribution in [0.25, 0.3) is 0 Å². The minimum atomic E-state index is -0.459. The van der Waals surface area contributed by atoms with Crippen molar-refractivity contribution in [3.8, 4) is 0 Å². The van der Waals surface area contributed by atoms with Crippen LogP contribution in [-0.4, -0.2) is 25.0 Å². The van der Waals surface area contributed by atoms with Gasteiger partial charge < -0.3 is 10.6 Å². The van der Waals surface area contributed by atoms with E-state index in [0.29, 0.717) is 30.9 Å². The lowest BCUT2D eigenvalue weighted by Crippen LogP contribution is -2.39. The van der Waals surface area contributed by atoms with Crippen LogP contribution in [0.1, 0.15) is 32.8 Å². The van der Waals surface area contributed by atoms with E-state index < -0.39 is 5.41 Å². The van der Waals surface area contributed by atoms with Gasteiger partial charge in [-0.15, -0.1) is 0 Å². The van der Waals surface area contributed by atoms with Gasteiger partial charge in [0.2, 0.25) is 5.91 Å². The Morgan fingerprint density at radius 1 is 1.00 bits per heavy atom. The van der Waals surface area contributed by atoms with Gasteiger partial charge in [0.15, 0.2) is 0 Å². The number of carbonyl (C=O) groups is 2. The van der Waals surface area contributed by atoms with Crippen molar-refractivity contribution in [3.63, 3.8) is 0 Å². The molecule has 6 heteroatoms. The van der Waals surface area contributed by atoms with E-state index in [2.05, 4.69) is 10.6 Å².